The van der Waals surface area contributed by atoms with E-state index in [9.17, 15) is 19.1 Å². The van der Waals surface area contributed by atoms with Gasteiger partial charge in [0.15, 0.2) is 0 Å². The fourth-order valence-electron chi connectivity index (χ4n) is 2.47. The zero-order chi connectivity index (χ0) is 14.0. The summed E-state index contributed by atoms with van der Waals surface area (Å²) in [5, 5.41) is 9.22. The maximum atomic E-state index is 13.3. The van der Waals surface area contributed by atoms with Crippen LogP contribution in [-0.4, -0.2) is 28.4 Å². The van der Waals surface area contributed by atoms with Crippen LogP contribution in [0.1, 0.15) is 18.0 Å². The molecule has 1 aliphatic heterocycles. The van der Waals surface area contributed by atoms with Gasteiger partial charge in [-0.2, -0.15) is 0 Å². The number of nitrogens with zero attached hydrogens (tertiary/aromatic N) is 1. The lowest BCUT2D eigenvalue weighted by Gasteiger charge is -2.26. The summed E-state index contributed by atoms with van der Waals surface area (Å²) in [6.45, 7) is 3.81. The predicted molar refractivity (Wildman–Crippen MR) is 66.8 cm³/mol. The Morgan fingerprint density at radius 1 is 1.58 bits per heavy atom. The van der Waals surface area contributed by atoms with Crippen LogP contribution in [-0.2, 0) is 9.59 Å². The highest BCUT2D eigenvalue weighted by Crippen LogP contribution is 2.38. The first-order chi connectivity index (χ1) is 9.04. The Hall–Kier alpha value is -2.17. The summed E-state index contributed by atoms with van der Waals surface area (Å²) in [5.41, 5.74) is 0.500. The van der Waals surface area contributed by atoms with Crippen molar-refractivity contribution in [3.63, 3.8) is 0 Å². The van der Waals surface area contributed by atoms with E-state index in [1.165, 1.54) is 29.2 Å². The van der Waals surface area contributed by atoms with Crippen LogP contribution in [0.5, 0.6) is 0 Å². The second-order valence-corrected chi connectivity index (χ2v) is 4.48. The van der Waals surface area contributed by atoms with Gasteiger partial charge in [0.2, 0.25) is 5.91 Å². The lowest BCUT2D eigenvalue weighted by atomic mass is 9.93. The Kier molecular flexibility index (Phi) is 3.64. The number of likely N-dealkylation sites (tertiary alicyclic amines) is 1. The molecule has 0 spiro atoms. The highest BCUT2D eigenvalue weighted by molar-refractivity contribution is 5.87. The first-order valence-electron chi connectivity index (χ1n) is 5.93. The van der Waals surface area contributed by atoms with E-state index in [-0.39, 0.29) is 18.9 Å². The van der Waals surface area contributed by atoms with Crippen LogP contribution < -0.4 is 0 Å². The Bertz CT molecular complexity index is 529. The summed E-state index contributed by atoms with van der Waals surface area (Å²) < 4.78 is 13.3. The number of rotatable bonds is 4. The molecule has 1 amide bonds. The van der Waals surface area contributed by atoms with Crippen molar-refractivity contribution in [1.29, 1.82) is 0 Å². The van der Waals surface area contributed by atoms with Crippen LogP contribution in [0, 0.1) is 11.7 Å². The highest BCUT2D eigenvalue weighted by Gasteiger charge is 2.44. The zero-order valence-electron chi connectivity index (χ0n) is 10.3. The van der Waals surface area contributed by atoms with Gasteiger partial charge in [0.1, 0.15) is 5.82 Å². The molecule has 5 heteroatoms. The van der Waals surface area contributed by atoms with E-state index in [2.05, 4.69) is 6.58 Å². The molecule has 1 aliphatic rings. The van der Waals surface area contributed by atoms with Crippen LogP contribution in [0.2, 0.25) is 0 Å². The van der Waals surface area contributed by atoms with Gasteiger partial charge in [0.05, 0.1) is 12.0 Å². The molecular weight excluding hydrogens is 249 g/mol. The van der Waals surface area contributed by atoms with E-state index in [1.807, 2.05) is 0 Å². The molecule has 0 bridgehead atoms. The molecule has 2 unspecified atom stereocenters. The van der Waals surface area contributed by atoms with Crippen molar-refractivity contribution in [2.45, 2.75) is 12.5 Å². The van der Waals surface area contributed by atoms with Crippen LogP contribution in [0.4, 0.5) is 4.39 Å². The van der Waals surface area contributed by atoms with Crippen LogP contribution >= 0.6 is 0 Å². The van der Waals surface area contributed by atoms with Gasteiger partial charge in [-0.1, -0.05) is 18.2 Å². The Labute approximate surface area is 110 Å². The minimum Gasteiger partial charge on any atom is -0.481 e. The molecule has 0 radical (unpaired) electrons. The van der Waals surface area contributed by atoms with E-state index in [0.29, 0.717) is 5.56 Å². The molecule has 4 nitrogen and oxygen atoms in total. The van der Waals surface area contributed by atoms with Gasteiger partial charge >= 0.3 is 5.97 Å². The van der Waals surface area contributed by atoms with Crippen molar-refractivity contribution in [2.75, 3.05) is 6.54 Å². The maximum absolute atomic E-state index is 13.3. The number of carbonyl (C=O) groups is 2. The number of carboxylic acids is 1. The van der Waals surface area contributed by atoms with Gasteiger partial charge in [-0.05, 0) is 17.7 Å². The highest BCUT2D eigenvalue weighted by atomic mass is 19.1. The van der Waals surface area contributed by atoms with Crippen LogP contribution in [0.25, 0.3) is 0 Å². The number of hydrogen-bond donors (Lipinski definition) is 1. The second-order valence-electron chi connectivity index (χ2n) is 4.48. The minimum atomic E-state index is -1.05. The summed E-state index contributed by atoms with van der Waals surface area (Å²) in [6, 6.07) is 5.07. The van der Waals surface area contributed by atoms with E-state index >= 15 is 0 Å². The molecule has 100 valence electrons. The maximum Gasteiger partial charge on any atom is 0.309 e. The van der Waals surface area contributed by atoms with Gasteiger partial charge < -0.3 is 10.0 Å². The topological polar surface area (TPSA) is 57.6 Å². The zero-order valence-corrected chi connectivity index (χ0v) is 10.3. The van der Waals surface area contributed by atoms with Crippen molar-refractivity contribution >= 4 is 11.9 Å². The molecule has 1 fully saturated rings. The largest absolute Gasteiger partial charge is 0.481 e. The van der Waals surface area contributed by atoms with Gasteiger partial charge in [0.25, 0.3) is 0 Å². The van der Waals surface area contributed by atoms with Crippen LogP contribution in [0.15, 0.2) is 36.9 Å². The Morgan fingerprint density at radius 2 is 2.32 bits per heavy atom. The molecule has 1 aromatic rings. The first kappa shape index (κ1) is 13.3. The van der Waals surface area contributed by atoms with E-state index in [1.54, 1.807) is 6.07 Å². The summed E-state index contributed by atoms with van der Waals surface area (Å²) in [7, 11) is 0. The third-order valence-electron chi connectivity index (χ3n) is 3.26. The van der Waals surface area contributed by atoms with Crippen molar-refractivity contribution in [1.82, 2.24) is 4.90 Å². The monoisotopic (exact) mass is 263 g/mol. The number of carbonyl (C=O) groups excluding carboxylic acids is 1. The van der Waals surface area contributed by atoms with Gasteiger partial charge in [-0.25, -0.2) is 4.39 Å². The molecule has 1 heterocycles. The molecule has 0 saturated carbocycles. The van der Waals surface area contributed by atoms with E-state index in [4.69, 9.17) is 0 Å². The van der Waals surface area contributed by atoms with Crippen molar-refractivity contribution in [3.8, 4) is 0 Å². The molecule has 0 aromatic heterocycles. The number of carboxylic acid groups (broad SMARTS) is 1. The Balaban J connectivity index is 2.43. The second kappa shape index (κ2) is 5.22. The third-order valence-corrected chi connectivity index (χ3v) is 3.26. The summed E-state index contributed by atoms with van der Waals surface area (Å²) in [5.74, 6) is -2.59. The molecule has 1 saturated heterocycles. The first-order valence-corrected chi connectivity index (χ1v) is 5.93. The van der Waals surface area contributed by atoms with Crippen molar-refractivity contribution in [3.05, 3.63) is 48.3 Å². The molecule has 19 heavy (non-hydrogen) atoms. The number of aliphatic carboxylic acids is 1. The quantitative estimate of drug-likeness (QED) is 0.845. The normalized spacial score (nSPS) is 22.6. The smallest absolute Gasteiger partial charge is 0.309 e. The standard InChI is InChI=1S/C14H14FNO3/c1-2-6-16-12(17)8-11(14(18)19)13(16)9-4-3-5-10(15)7-9/h2-5,7,11,13H,1,6,8H2,(H,18,19). The van der Waals surface area contributed by atoms with Crippen molar-refractivity contribution in [2.24, 2.45) is 5.92 Å². The lowest BCUT2D eigenvalue weighted by Crippen LogP contribution is -2.30. The third kappa shape index (κ3) is 2.50. The summed E-state index contributed by atoms with van der Waals surface area (Å²) in [6.07, 6.45) is 1.47. The van der Waals surface area contributed by atoms with Gasteiger partial charge in [-0.15, -0.1) is 6.58 Å². The Morgan fingerprint density at radius 3 is 2.89 bits per heavy atom. The number of hydrogen-bond acceptors (Lipinski definition) is 2. The molecule has 0 aliphatic carbocycles. The SMILES string of the molecule is C=CCN1C(=O)CC(C(=O)O)C1c1cccc(F)c1. The fourth-order valence-corrected chi connectivity index (χ4v) is 2.47. The van der Waals surface area contributed by atoms with Gasteiger partial charge in [-0.3, -0.25) is 9.59 Å². The molecular formula is C14H14FNO3. The van der Waals surface area contributed by atoms with Crippen LogP contribution in [0.3, 0.4) is 0 Å². The predicted octanol–water partition coefficient (Wildman–Crippen LogP) is 1.99. The summed E-state index contributed by atoms with van der Waals surface area (Å²) >= 11 is 0. The number of amides is 1. The lowest BCUT2D eigenvalue weighted by molar-refractivity contribution is -0.142. The molecule has 2 atom stereocenters. The van der Waals surface area contributed by atoms with E-state index < -0.39 is 23.7 Å². The molecule has 1 N–H and O–H groups in total. The van der Waals surface area contributed by atoms with E-state index in [0.717, 1.165) is 0 Å². The minimum absolute atomic E-state index is 0.0651. The fraction of sp³-hybridized carbons (Fsp3) is 0.286. The molecule has 1 aromatic carbocycles. The molecule has 2 rings (SSSR count). The average molecular weight is 263 g/mol. The average Bonchev–Trinajstić information content (AvgIpc) is 2.68. The summed E-state index contributed by atoms with van der Waals surface area (Å²) in [4.78, 5) is 24.6. The van der Waals surface area contributed by atoms with Crippen molar-refractivity contribution < 1.29 is 19.1 Å². The number of benzene rings is 1. The number of halogens is 1. The van der Waals surface area contributed by atoms with Gasteiger partial charge in [0, 0.05) is 13.0 Å².